The van der Waals surface area contributed by atoms with E-state index in [1.54, 1.807) is 23.1 Å². The molecule has 1 N–H and O–H groups in total. The molecule has 1 aromatic heterocycles. The Morgan fingerprint density at radius 1 is 1.24 bits per heavy atom. The third-order valence-electron chi connectivity index (χ3n) is 4.61. The molecule has 1 amide bonds. The molecule has 2 aromatic carbocycles. The fourth-order valence-electron chi connectivity index (χ4n) is 3.30. The molecular weight excluding hydrogens is 348 g/mol. The van der Waals surface area contributed by atoms with E-state index in [1.807, 2.05) is 25.1 Å². The number of fused-ring (bicyclic) bond motifs is 2. The standard InChI is InChI=1S/C20H20N2OS2/c1-13(24-20-22-17-10-4-5-12-18(17)25-20)19(23)21-16-11-6-8-14-7-2-3-9-15(14)16/h2-5,7,9-10,12-13,16H,6,8,11H2,1H3,(H,21,23)/t13-,16+/m0/s1. The number of thioether (sulfide) groups is 1. The van der Waals surface area contributed by atoms with Crippen LogP contribution in [-0.4, -0.2) is 16.1 Å². The van der Waals surface area contributed by atoms with E-state index < -0.39 is 0 Å². The number of thiazole rings is 1. The minimum Gasteiger partial charge on any atom is -0.348 e. The van der Waals surface area contributed by atoms with E-state index in [0.717, 1.165) is 29.1 Å². The summed E-state index contributed by atoms with van der Waals surface area (Å²) in [7, 11) is 0. The van der Waals surface area contributed by atoms with Crippen molar-refractivity contribution in [3.05, 3.63) is 59.7 Å². The third kappa shape index (κ3) is 3.58. The molecule has 0 radical (unpaired) electrons. The van der Waals surface area contributed by atoms with Crippen molar-refractivity contribution < 1.29 is 4.79 Å². The summed E-state index contributed by atoms with van der Waals surface area (Å²) in [5.74, 6) is 0.0889. The predicted octanol–water partition coefficient (Wildman–Crippen LogP) is 4.97. The molecule has 0 saturated heterocycles. The highest BCUT2D eigenvalue weighted by molar-refractivity contribution is 8.02. The number of para-hydroxylation sites is 1. The highest BCUT2D eigenvalue weighted by Crippen LogP contribution is 2.33. The Labute approximate surface area is 155 Å². The van der Waals surface area contributed by atoms with E-state index in [2.05, 4.69) is 40.6 Å². The van der Waals surface area contributed by atoms with E-state index >= 15 is 0 Å². The quantitative estimate of drug-likeness (QED) is 0.661. The first-order valence-electron chi connectivity index (χ1n) is 8.61. The molecule has 1 aliphatic carbocycles. The van der Waals surface area contributed by atoms with Crippen molar-refractivity contribution in [2.75, 3.05) is 0 Å². The summed E-state index contributed by atoms with van der Waals surface area (Å²) in [5, 5.41) is 3.09. The number of amides is 1. The van der Waals surface area contributed by atoms with Crippen LogP contribution in [0.15, 0.2) is 52.9 Å². The van der Waals surface area contributed by atoms with Crippen molar-refractivity contribution in [1.82, 2.24) is 10.3 Å². The van der Waals surface area contributed by atoms with Crippen molar-refractivity contribution >= 4 is 39.2 Å². The Kier molecular flexibility index (Phi) is 4.77. The number of nitrogens with zero attached hydrogens (tertiary/aromatic N) is 1. The Hall–Kier alpha value is -1.85. The zero-order chi connectivity index (χ0) is 17.2. The van der Waals surface area contributed by atoms with Crippen molar-refractivity contribution in [3.8, 4) is 0 Å². The lowest BCUT2D eigenvalue weighted by Gasteiger charge is -2.27. The van der Waals surface area contributed by atoms with Gasteiger partial charge in [0, 0.05) is 0 Å². The van der Waals surface area contributed by atoms with Gasteiger partial charge in [-0.1, -0.05) is 48.2 Å². The van der Waals surface area contributed by atoms with Gasteiger partial charge < -0.3 is 5.32 Å². The summed E-state index contributed by atoms with van der Waals surface area (Å²) >= 11 is 3.19. The zero-order valence-electron chi connectivity index (χ0n) is 14.1. The summed E-state index contributed by atoms with van der Waals surface area (Å²) in [5.41, 5.74) is 3.65. The summed E-state index contributed by atoms with van der Waals surface area (Å²) in [6.45, 7) is 1.96. The van der Waals surface area contributed by atoms with Crippen LogP contribution in [0.5, 0.6) is 0 Å². The van der Waals surface area contributed by atoms with Crippen LogP contribution in [0, 0.1) is 0 Å². The first kappa shape index (κ1) is 16.6. The van der Waals surface area contributed by atoms with Crippen LogP contribution in [0.4, 0.5) is 0 Å². The summed E-state index contributed by atoms with van der Waals surface area (Å²) in [6.07, 6.45) is 3.25. The van der Waals surface area contributed by atoms with E-state index in [1.165, 1.54) is 15.8 Å². The first-order valence-corrected chi connectivity index (χ1v) is 10.3. The number of carbonyl (C=O) groups is 1. The maximum Gasteiger partial charge on any atom is 0.233 e. The fraction of sp³-hybridized carbons (Fsp3) is 0.300. The lowest BCUT2D eigenvalue weighted by atomic mass is 9.88. The summed E-state index contributed by atoms with van der Waals surface area (Å²) in [4.78, 5) is 17.3. The number of aromatic nitrogens is 1. The second-order valence-corrected chi connectivity index (χ2v) is 8.98. The van der Waals surface area contributed by atoms with E-state index in [0.29, 0.717) is 0 Å². The molecule has 0 unspecified atom stereocenters. The molecule has 4 rings (SSSR count). The predicted molar refractivity (Wildman–Crippen MR) is 105 cm³/mol. The second-order valence-electron chi connectivity index (χ2n) is 6.36. The highest BCUT2D eigenvalue weighted by Gasteiger charge is 2.24. The van der Waals surface area contributed by atoms with Crippen molar-refractivity contribution in [1.29, 1.82) is 0 Å². The van der Waals surface area contributed by atoms with Gasteiger partial charge in [0.25, 0.3) is 0 Å². The number of benzene rings is 2. The van der Waals surface area contributed by atoms with E-state index in [4.69, 9.17) is 0 Å². The molecule has 3 aromatic rings. The van der Waals surface area contributed by atoms with Crippen molar-refractivity contribution in [3.63, 3.8) is 0 Å². The molecule has 0 saturated carbocycles. The van der Waals surface area contributed by atoms with Gasteiger partial charge >= 0.3 is 0 Å². The molecule has 0 bridgehead atoms. The average Bonchev–Trinajstić information content (AvgIpc) is 3.04. The Morgan fingerprint density at radius 3 is 2.92 bits per heavy atom. The molecule has 0 spiro atoms. The summed E-state index contributed by atoms with van der Waals surface area (Å²) in [6, 6.07) is 16.7. The van der Waals surface area contributed by atoms with Gasteiger partial charge in [-0.05, 0) is 49.4 Å². The second kappa shape index (κ2) is 7.18. The SMILES string of the molecule is C[C@H](Sc1nc2ccccc2s1)C(=O)N[C@@H]1CCCc2ccccc21. The van der Waals surface area contributed by atoms with Crippen LogP contribution >= 0.6 is 23.1 Å². The number of rotatable bonds is 4. The molecule has 0 fully saturated rings. The maximum absolute atomic E-state index is 12.7. The van der Waals surface area contributed by atoms with E-state index in [9.17, 15) is 4.79 Å². The van der Waals surface area contributed by atoms with Gasteiger partial charge in [-0.25, -0.2) is 4.98 Å². The van der Waals surface area contributed by atoms with Crippen LogP contribution in [0.2, 0.25) is 0 Å². The highest BCUT2D eigenvalue weighted by atomic mass is 32.2. The van der Waals surface area contributed by atoms with Crippen LogP contribution in [0.3, 0.4) is 0 Å². The van der Waals surface area contributed by atoms with Crippen LogP contribution in [-0.2, 0) is 11.2 Å². The monoisotopic (exact) mass is 368 g/mol. The number of hydrogen-bond acceptors (Lipinski definition) is 4. The number of nitrogens with one attached hydrogen (secondary N) is 1. The van der Waals surface area contributed by atoms with Crippen molar-refractivity contribution in [2.45, 2.75) is 41.8 Å². The number of aryl methyl sites for hydroxylation is 1. The maximum atomic E-state index is 12.7. The summed E-state index contributed by atoms with van der Waals surface area (Å²) < 4.78 is 2.12. The topological polar surface area (TPSA) is 42.0 Å². The molecular formula is C20H20N2OS2. The molecule has 2 atom stereocenters. The lowest BCUT2D eigenvalue weighted by Crippen LogP contribution is -2.35. The Balaban J connectivity index is 1.44. The molecule has 0 aliphatic heterocycles. The Morgan fingerprint density at radius 2 is 2.04 bits per heavy atom. The molecule has 1 aliphatic rings. The minimum absolute atomic E-state index is 0.0889. The third-order valence-corrected chi connectivity index (χ3v) is 6.84. The molecule has 3 nitrogen and oxygen atoms in total. The van der Waals surface area contributed by atoms with Gasteiger partial charge in [0.1, 0.15) is 0 Å². The smallest absolute Gasteiger partial charge is 0.233 e. The van der Waals surface area contributed by atoms with Gasteiger partial charge in [0.05, 0.1) is 21.5 Å². The zero-order valence-corrected chi connectivity index (χ0v) is 15.7. The van der Waals surface area contributed by atoms with Crippen LogP contribution in [0.25, 0.3) is 10.2 Å². The van der Waals surface area contributed by atoms with Gasteiger partial charge in [-0.3, -0.25) is 4.79 Å². The molecule has 5 heteroatoms. The molecule has 25 heavy (non-hydrogen) atoms. The van der Waals surface area contributed by atoms with Crippen LogP contribution < -0.4 is 5.32 Å². The Bertz CT molecular complexity index is 872. The van der Waals surface area contributed by atoms with Crippen molar-refractivity contribution in [2.24, 2.45) is 0 Å². The lowest BCUT2D eigenvalue weighted by molar-refractivity contribution is -0.121. The minimum atomic E-state index is -0.158. The van der Waals surface area contributed by atoms with Gasteiger partial charge in [-0.2, -0.15) is 0 Å². The largest absolute Gasteiger partial charge is 0.348 e. The number of hydrogen-bond donors (Lipinski definition) is 1. The normalized spacial score (nSPS) is 17.9. The fourth-order valence-corrected chi connectivity index (χ4v) is 5.52. The van der Waals surface area contributed by atoms with Gasteiger partial charge in [0.2, 0.25) is 5.91 Å². The van der Waals surface area contributed by atoms with Gasteiger partial charge in [0.15, 0.2) is 4.34 Å². The number of carbonyl (C=O) groups excluding carboxylic acids is 1. The molecule has 128 valence electrons. The van der Waals surface area contributed by atoms with E-state index in [-0.39, 0.29) is 17.2 Å². The van der Waals surface area contributed by atoms with Gasteiger partial charge in [-0.15, -0.1) is 11.3 Å². The average molecular weight is 369 g/mol. The first-order chi connectivity index (χ1) is 12.2. The molecule has 1 heterocycles. The van der Waals surface area contributed by atoms with Crippen LogP contribution in [0.1, 0.15) is 36.9 Å².